The molecule has 1 aromatic carbocycles. The highest BCUT2D eigenvalue weighted by Gasteiger charge is 2.10. The molecule has 0 bridgehead atoms. The number of rotatable bonds is 4. The molecule has 0 aliphatic rings. The number of carbonyl (C=O) groups excluding carboxylic acids is 1. The maximum absolute atomic E-state index is 11.4. The molecule has 0 saturated heterocycles. The van der Waals surface area contributed by atoms with Crippen molar-refractivity contribution in [2.75, 3.05) is 12.4 Å². The van der Waals surface area contributed by atoms with E-state index in [4.69, 9.17) is 34.3 Å². The number of hydrogen-bond acceptors (Lipinski definition) is 3. The highest BCUT2D eigenvalue weighted by molar-refractivity contribution is 6.31. The summed E-state index contributed by atoms with van der Waals surface area (Å²) in [6.07, 6.45) is 1.58. The second-order valence-corrected chi connectivity index (χ2v) is 5.34. The Balaban J connectivity index is 2.52. The van der Waals surface area contributed by atoms with Crippen molar-refractivity contribution in [3.05, 3.63) is 57.1 Å². The predicted molar refractivity (Wildman–Crippen MR) is 83.9 cm³/mol. The van der Waals surface area contributed by atoms with Crippen molar-refractivity contribution in [2.45, 2.75) is 6.54 Å². The standard InChI is InChI=1S/C14H14Cl2N4O/c1-19-12-3-2-9(15)4-8(12)6-20-7-10(16)5-11(13(20)17)14(18)21/h2-5,7,17,19H,6H2,1H3,(H2,18,21). The van der Waals surface area contributed by atoms with E-state index in [2.05, 4.69) is 5.32 Å². The molecule has 0 aliphatic heterocycles. The minimum Gasteiger partial charge on any atom is -0.388 e. The number of pyridine rings is 1. The maximum atomic E-state index is 11.4. The van der Waals surface area contributed by atoms with Crippen LogP contribution in [-0.4, -0.2) is 17.5 Å². The number of nitrogens with one attached hydrogen (secondary N) is 2. The summed E-state index contributed by atoms with van der Waals surface area (Å²) < 4.78 is 1.55. The lowest BCUT2D eigenvalue weighted by Gasteiger charge is -2.13. The second kappa shape index (κ2) is 6.20. The maximum Gasteiger partial charge on any atom is 0.252 e. The van der Waals surface area contributed by atoms with E-state index in [0.717, 1.165) is 11.3 Å². The molecule has 110 valence electrons. The van der Waals surface area contributed by atoms with Gasteiger partial charge < -0.3 is 15.6 Å². The first-order chi connectivity index (χ1) is 9.92. The zero-order valence-corrected chi connectivity index (χ0v) is 12.8. The molecule has 0 radical (unpaired) electrons. The number of halogens is 2. The molecule has 0 saturated carbocycles. The summed E-state index contributed by atoms with van der Waals surface area (Å²) in [4.78, 5) is 11.4. The molecular formula is C14H14Cl2N4O. The summed E-state index contributed by atoms with van der Waals surface area (Å²) in [5, 5.41) is 12.0. The van der Waals surface area contributed by atoms with Crippen LogP contribution in [0.2, 0.25) is 10.0 Å². The number of benzene rings is 1. The Kier molecular flexibility index (Phi) is 4.55. The van der Waals surface area contributed by atoms with Crippen LogP contribution in [0.15, 0.2) is 30.5 Å². The first kappa shape index (κ1) is 15.4. The summed E-state index contributed by atoms with van der Waals surface area (Å²) in [5.41, 5.74) is 7.11. The highest BCUT2D eigenvalue weighted by Crippen LogP contribution is 2.21. The summed E-state index contributed by atoms with van der Waals surface area (Å²) in [7, 11) is 1.80. The largest absolute Gasteiger partial charge is 0.388 e. The van der Waals surface area contributed by atoms with Gasteiger partial charge in [-0.3, -0.25) is 10.2 Å². The Labute approximate surface area is 131 Å². The van der Waals surface area contributed by atoms with Crippen molar-refractivity contribution in [2.24, 2.45) is 5.73 Å². The van der Waals surface area contributed by atoms with Crippen molar-refractivity contribution in [1.82, 2.24) is 4.57 Å². The summed E-state index contributed by atoms with van der Waals surface area (Å²) in [5.74, 6) is -0.684. The zero-order chi connectivity index (χ0) is 15.6. The van der Waals surface area contributed by atoms with Crippen LogP contribution in [0.5, 0.6) is 0 Å². The minimum atomic E-state index is -0.684. The third-order valence-corrected chi connectivity index (χ3v) is 3.49. The van der Waals surface area contributed by atoms with E-state index >= 15 is 0 Å². The summed E-state index contributed by atoms with van der Waals surface area (Å²) >= 11 is 12.0. The van der Waals surface area contributed by atoms with Gasteiger partial charge in [-0.1, -0.05) is 23.2 Å². The molecular weight excluding hydrogens is 311 g/mol. The molecule has 2 aromatic rings. The Morgan fingerprint density at radius 1 is 1.33 bits per heavy atom. The number of anilines is 1. The molecule has 21 heavy (non-hydrogen) atoms. The number of amides is 1. The Hall–Kier alpha value is -1.98. The molecule has 7 heteroatoms. The third-order valence-electron chi connectivity index (χ3n) is 3.05. The van der Waals surface area contributed by atoms with E-state index in [1.807, 2.05) is 6.07 Å². The summed E-state index contributed by atoms with van der Waals surface area (Å²) in [6, 6.07) is 6.81. The van der Waals surface area contributed by atoms with Gasteiger partial charge in [0.1, 0.15) is 5.49 Å². The molecule has 1 amide bonds. The zero-order valence-electron chi connectivity index (χ0n) is 11.3. The third kappa shape index (κ3) is 3.37. The van der Waals surface area contributed by atoms with E-state index in [0.29, 0.717) is 16.6 Å². The first-order valence-electron chi connectivity index (χ1n) is 6.13. The second-order valence-electron chi connectivity index (χ2n) is 4.46. The molecule has 0 unspecified atom stereocenters. The van der Waals surface area contributed by atoms with E-state index in [9.17, 15) is 4.79 Å². The van der Waals surface area contributed by atoms with Gasteiger partial charge in [-0.2, -0.15) is 0 Å². The van der Waals surface area contributed by atoms with Crippen molar-refractivity contribution in [3.8, 4) is 0 Å². The van der Waals surface area contributed by atoms with Crippen LogP contribution in [0.1, 0.15) is 15.9 Å². The normalized spacial score (nSPS) is 10.4. The molecule has 4 N–H and O–H groups in total. The van der Waals surface area contributed by atoms with Crippen LogP contribution >= 0.6 is 23.2 Å². The van der Waals surface area contributed by atoms with Crippen molar-refractivity contribution in [3.63, 3.8) is 0 Å². The fraction of sp³-hybridized carbons (Fsp3) is 0.143. The van der Waals surface area contributed by atoms with E-state index in [1.54, 1.807) is 29.9 Å². The van der Waals surface area contributed by atoms with Crippen LogP contribution in [0.25, 0.3) is 0 Å². The number of aromatic nitrogens is 1. The van der Waals surface area contributed by atoms with Crippen molar-refractivity contribution < 1.29 is 4.79 Å². The highest BCUT2D eigenvalue weighted by atomic mass is 35.5. The van der Waals surface area contributed by atoms with Gasteiger partial charge in [-0.15, -0.1) is 0 Å². The van der Waals surface area contributed by atoms with Crippen LogP contribution in [-0.2, 0) is 6.54 Å². The topological polar surface area (TPSA) is 83.9 Å². The lowest BCUT2D eigenvalue weighted by molar-refractivity contribution is 0.0998. The van der Waals surface area contributed by atoms with Crippen molar-refractivity contribution in [1.29, 1.82) is 5.41 Å². The van der Waals surface area contributed by atoms with Gasteiger partial charge >= 0.3 is 0 Å². The number of hydrogen-bond donors (Lipinski definition) is 3. The molecule has 2 rings (SSSR count). The van der Waals surface area contributed by atoms with Crippen molar-refractivity contribution >= 4 is 34.8 Å². The van der Waals surface area contributed by atoms with E-state index in [1.165, 1.54) is 6.07 Å². The Morgan fingerprint density at radius 3 is 2.67 bits per heavy atom. The monoisotopic (exact) mass is 324 g/mol. The first-order valence-corrected chi connectivity index (χ1v) is 6.88. The molecule has 5 nitrogen and oxygen atoms in total. The summed E-state index contributed by atoms with van der Waals surface area (Å²) in [6.45, 7) is 0.344. The number of carbonyl (C=O) groups is 1. The van der Waals surface area contributed by atoms with Crippen LogP contribution in [0.4, 0.5) is 5.69 Å². The fourth-order valence-electron chi connectivity index (χ4n) is 2.04. The molecule has 0 atom stereocenters. The van der Waals surface area contributed by atoms with Gasteiger partial charge in [0.25, 0.3) is 5.91 Å². The lowest BCUT2D eigenvalue weighted by atomic mass is 10.1. The van der Waals surface area contributed by atoms with E-state index in [-0.39, 0.29) is 11.1 Å². The quantitative estimate of drug-likeness (QED) is 0.807. The van der Waals surface area contributed by atoms with Gasteiger partial charge in [0, 0.05) is 24.0 Å². The number of primary amides is 1. The average Bonchev–Trinajstić information content (AvgIpc) is 2.42. The molecule has 1 heterocycles. The van der Waals surface area contributed by atoms with Crippen LogP contribution in [0.3, 0.4) is 0 Å². The van der Waals surface area contributed by atoms with Crippen LogP contribution < -0.4 is 16.5 Å². The predicted octanol–water partition coefficient (Wildman–Crippen LogP) is 2.46. The minimum absolute atomic E-state index is 0.00827. The molecule has 1 aromatic heterocycles. The number of nitrogens with zero attached hydrogens (tertiary/aromatic N) is 1. The Bertz CT molecular complexity index is 755. The van der Waals surface area contributed by atoms with Gasteiger partial charge in [-0.25, -0.2) is 0 Å². The lowest BCUT2D eigenvalue weighted by Crippen LogP contribution is -2.30. The average molecular weight is 325 g/mol. The number of nitrogens with two attached hydrogens (primary N) is 1. The van der Waals surface area contributed by atoms with Gasteiger partial charge in [0.15, 0.2) is 0 Å². The smallest absolute Gasteiger partial charge is 0.252 e. The van der Waals surface area contributed by atoms with Crippen LogP contribution in [0, 0.1) is 5.41 Å². The van der Waals surface area contributed by atoms with Gasteiger partial charge in [0.05, 0.1) is 17.1 Å². The fourth-order valence-corrected chi connectivity index (χ4v) is 2.47. The van der Waals surface area contributed by atoms with Gasteiger partial charge in [-0.05, 0) is 29.8 Å². The van der Waals surface area contributed by atoms with E-state index < -0.39 is 5.91 Å². The molecule has 0 fully saturated rings. The SMILES string of the molecule is CNc1ccc(Cl)cc1Cn1cc(Cl)cc(C(N)=O)c1=N. The molecule has 0 aliphatic carbocycles. The van der Waals surface area contributed by atoms with Gasteiger partial charge in [0.2, 0.25) is 0 Å². The Morgan fingerprint density at radius 2 is 2.05 bits per heavy atom. The molecule has 0 spiro atoms.